The number of hydrazine groups is 1. The minimum Gasteiger partial charge on any atom is -0.468 e. The van der Waals surface area contributed by atoms with Gasteiger partial charge in [0.15, 0.2) is 12.4 Å². The molecular weight excluding hydrogens is 275 g/mol. The molecule has 2 heterocycles. The van der Waals surface area contributed by atoms with Crippen molar-refractivity contribution in [3.63, 3.8) is 0 Å². The number of alkyl halides is 3. The lowest BCUT2D eigenvalue weighted by atomic mass is 10.2. The molecule has 0 unspecified atom stereocenters. The number of nitrogens with two attached hydrogens (primary N) is 1. The summed E-state index contributed by atoms with van der Waals surface area (Å²) in [5.41, 5.74) is 3.44. The molecule has 20 heavy (non-hydrogen) atoms. The van der Waals surface area contributed by atoms with Crippen LogP contribution in [0.15, 0.2) is 30.7 Å². The fourth-order valence-electron chi connectivity index (χ4n) is 1.32. The fraction of sp³-hybridized carbons (Fsp3) is 0.182. The molecule has 6 nitrogen and oxygen atoms in total. The maximum atomic E-state index is 12.0. The van der Waals surface area contributed by atoms with Crippen molar-refractivity contribution in [2.45, 2.75) is 6.18 Å². The Balaban J connectivity index is 2.07. The van der Waals surface area contributed by atoms with Crippen LogP contribution in [-0.4, -0.2) is 27.7 Å². The van der Waals surface area contributed by atoms with E-state index in [-0.39, 0.29) is 5.88 Å². The predicted molar refractivity (Wildman–Crippen MR) is 64.6 cm³/mol. The van der Waals surface area contributed by atoms with Crippen molar-refractivity contribution in [1.29, 1.82) is 0 Å². The van der Waals surface area contributed by atoms with Crippen LogP contribution in [-0.2, 0) is 0 Å². The lowest BCUT2D eigenvalue weighted by Crippen LogP contribution is -2.19. The topological polar surface area (TPSA) is 86.0 Å². The first-order valence-electron chi connectivity index (χ1n) is 5.42. The average molecular weight is 285 g/mol. The van der Waals surface area contributed by atoms with Gasteiger partial charge in [-0.15, -0.1) is 0 Å². The zero-order chi connectivity index (χ0) is 14.6. The van der Waals surface area contributed by atoms with Crippen molar-refractivity contribution in [3.05, 3.63) is 30.7 Å². The molecule has 0 aliphatic carbocycles. The Bertz CT molecular complexity index is 556. The molecule has 2 aromatic heterocycles. The zero-order valence-corrected chi connectivity index (χ0v) is 10.1. The first-order valence-corrected chi connectivity index (χ1v) is 5.42. The lowest BCUT2D eigenvalue weighted by molar-refractivity contribution is -0.154. The van der Waals surface area contributed by atoms with Gasteiger partial charge in [0.05, 0.1) is 18.1 Å². The Morgan fingerprint density at radius 1 is 1.10 bits per heavy atom. The molecule has 2 rings (SSSR count). The van der Waals surface area contributed by atoms with E-state index >= 15 is 0 Å². The van der Waals surface area contributed by atoms with Gasteiger partial charge >= 0.3 is 6.18 Å². The molecule has 0 aromatic carbocycles. The summed E-state index contributed by atoms with van der Waals surface area (Å²) in [7, 11) is 0. The van der Waals surface area contributed by atoms with Crippen molar-refractivity contribution in [3.8, 4) is 17.1 Å². The van der Waals surface area contributed by atoms with E-state index in [4.69, 9.17) is 5.84 Å². The van der Waals surface area contributed by atoms with Gasteiger partial charge in [0.25, 0.3) is 0 Å². The largest absolute Gasteiger partial charge is 0.468 e. The summed E-state index contributed by atoms with van der Waals surface area (Å²) >= 11 is 0. The van der Waals surface area contributed by atoms with Gasteiger partial charge in [0.1, 0.15) is 0 Å². The number of halogens is 3. The molecule has 106 valence electrons. The van der Waals surface area contributed by atoms with Crippen LogP contribution in [0.2, 0.25) is 0 Å². The third-order valence-electron chi connectivity index (χ3n) is 2.22. The van der Waals surface area contributed by atoms with Gasteiger partial charge in [-0.05, 0) is 6.07 Å². The monoisotopic (exact) mass is 285 g/mol. The number of pyridine rings is 1. The van der Waals surface area contributed by atoms with Crippen LogP contribution in [0.1, 0.15) is 0 Å². The Labute approximate surface area is 111 Å². The number of aromatic nitrogens is 3. The van der Waals surface area contributed by atoms with Gasteiger partial charge in [-0.2, -0.15) is 13.2 Å². The number of hydrogen-bond donors (Lipinski definition) is 2. The molecule has 0 aliphatic heterocycles. The van der Waals surface area contributed by atoms with Crippen LogP contribution in [0, 0.1) is 0 Å². The summed E-state index contributed by atoms with van der Waals surface area (Å²) in [4.78, 5) is 11.8. The summed E-state index contributed by atoms with van der Waals surface area (Å²) in [5.74, 6) is 5.44. The predicted octanol–water partition coefficient (Wildman–Crippen LogP) is 1.77. The fourth-order valence-corrected chi connectivity index (χ4v) is 1.32. The molecule has 0 spiro atoms. The van der Waals surface area contributed by atoms with Gasteiger partial charge < -0.3 is 10.2 Å². The van der Waals surface area contributed by atoms with Crippen LogP contribution >= 0.6 is 0 Å². The summed E-state index contributed by atoms with van der Waals surface area (Å²) in [6, 6.07) is 2.87. The summed E-state index contributed by atoms with van der Waals surface area (Å²) in [6.07, 6.45) is -0.159. The van der Waals surface area contributed by atoms with Crippen LogP contribution in [0.3, 0.4) is 0 Å². The summed E-state index contributed by atoms with van der Waals surface area (Å²) < 4.78 is 40.4. The first kappa shape index (κ1) is 14.0. The van der Waals surface area contributed by atoms with E-state index in [9.17, 15) is 13.2 Å². The van der Waals surface area contributed by atoms with E-state index < -0.39 is 12.8 Å². The molecule has 0 fully saturated rings. The van der Waals surface area contributed by atoms with E-state index in [0.29, 0.717) is 17.1 Å². The smallest absolute Gasteiger partial charge is 0.422 e. The molecule has 0 saturated carbocycles. The van der Waals surface area contributed by atoms with E-state index in [0.717, 1.165) is 0 Å². The lowest BCUT2D eigenvalue weighted by Gasteiger charge is -2.08. The number of nitrogens with zero attached hydrogens (tertiary/aromatic N) is 3. The third-order valence-corrected chi connectivity index (χ3v) is 2.22. The number of hydrogen-bond acceptors (Lipinski definition) is 6. The van der Waals surface area contributed by atoms with Crippen LogP contribution in [0.5, 0.6) is 5.88 Å². The second kappa shape index (κ2) is 5.70. The number of nitrogen functional groups attached to an aromatic ring is 1. The van der Waals surface area contributed by atoms with Gasteiger partial charge in [0, 0.05) is 17.8 Å². The molecule has 0 atom stereocenters. The standard InChI is InChI=1S/C11H10F3N5O/c12-11(13,14)6-20-10-2-1-7(3-18-10)8-4-17-9(19-15)5-16-8/h1-5H,6,15H2,(H,17,19). The van der Waals surface area contributed by atoms with Crippen LogP contribution in [0.25, 0.3) is 11.3 Å². The van der Waals surface area contributed by atoms with Gasteiger partial charge in [-0.1, -0.05) is 0 Å². The molecule has 9 heteroatoms. The van der Waals surface area contributed by atoms with Crippen molar-refractivity contribution < 1.29 is 17.9 Å². The number of rotatable bonds is 4. The zero-order valence-electron chi connectivity index (χ0n) is 10.1. The Morgan fingerprint density at radius 3 is 2.40 bits per heavy atom. The van der Waals surface area contributed by atoms with Crippen LogP contribution in [0.4, 0.5) is 19.0 Å². The van der Waals surface area contributed by atoms with Crippen molar-refractivity contribution in [2.75, 3.05) is 12.0 Å². The van der Waals surface area contributed by atoms with E-state index in [1.54, 1.807) is 0 Å². The molecule has 2 aromatic rings. The Hall–Kier alpha value is -2.42. The maximum absolute atomic E-state index is 12.0. The van der Waals surface area contributed by atoms with Gasteiger partial charge in [-0.25, -0.2) is 15.8 Å². The first-order chi connectivity index (χ1) is 9.48. The molecule has 0 bridgehead atoms. The normalized spacial score (nSPS) is 11.2. The molecular formula is C11H10F3N5O. The Kier molecular flexibility index (Phi) is 3.99. The highest BCUT2D eigenvalue weighted by molar-refractivity contribution is 5.57. The highest BCUT2D eigenvalue weighted by Crippen LogP contribution is 2.20. The van der Waals surface area contributed by atoms with Gasteiger partial charge in [-0.3, -0.25) is 4.98 Å². The summed E-state index contributed by atoms with van der Waals surface area (Å²) in [6.45, 7) is -1.38. The minimum absolute atomic E-state index is 0.112. The van der Waals surface area contributed by atoms with Crippen molar-refractivity contribution >= 4 is 5.82 Å². The molecule has 0 aliphatic rings. The molecule has 0 radical (unpaired) electrons. The Morgan fingerprint density at radius 2 is 1.90 bits per heavy atom. The second-order valence-electron chi connectivity index (χ2n) is 3.72. The third kappa shape index (κ3) is 3.79. The van der Waals surface area contributed by atoms with E-state index in [1.165, 1.54) is 30.7 Å². The van der Waals surface area contributed by atoms with Crippen molar-refractivity contribution in [1.82, 2.24) is 15.0 Å². The minimum atomic E-state index is -4.39. The molecule has 3 N–H and O–H groups in total. The van der Waals surface area contributed by atoms with E-state index in [2.05, 4.69) is 25.1 Å². The second-order valence-corrected chi connectivity index (χ2v) is 3.72. The van der Waals surface area contributed by atoms with Crippen LogP contribution < -0.4 is 16.0 Å². The average Bonchev–Trinajstić information content (AvgIpc) is 2.45. The maximum Gasteiger partial charge on any atom is 0.422 e. The van der Waals surface area contributed by atoms with E-state index in [1.807, 2.05) is 0 Å². The molecule has 0 saturated heterocycles. The number of ether oxygens (including phenoxy) is 1. The van der Waals surface area contributed by atoms with Crippen molar-refractivity contribution in [2.24, 2.45) is 5.84 Å². The highest BCUT2D eigenvalue weighted by atomic mass is 19.4. The quantitative estimate of drug-likeness (QED) is 0.657. The summed E-state index contributed by atoms with van der Waals surface area (Å²) in [5, 5.41) is 0. The SMILES string of the molecule is NNc1cnc(-c2ccc(OCC(F)(F)F)nc2)cn1. The highest BCUT2D eigenvalue weighted by Gasteiger charge is 2.28. The number of anilines is 1. The van der Waals surface area contributed by atoms with Gasteiger partial charge in [0.2, 0.25) is 5.88 Å². The number of nitrogens with one attached hydrogen (secondary N) is 1. The molecule has 0 amide bonds.